The van der Waals surface area contributed by atoms with Crippen molar-refractivity contribution in [2.75, 3.05) is 43.4 Å². The number of furan rings is 1. The highest BCUT2D eigenvalue weighted by Gasteiger charge is 2.25. The van der Waals surface area contributed by atoms with Crippen LogP contribution in [0, 0.1) is 19.8 Å². The van der Waals surface area contributed by atoms with E-state index in [0.29, 0.717) is 39.2 Å². The van der Waals surface area contributed by atoms with Gasteiger partial charge in [-0.3, -0.25) is 9.69 Å². The van der Waals surface area contributed by atoms with Gasteiger partial charge in [0, 0.05) is 66.9 Å². The molecule has 1 aliphatic heterocycles. The number of rotatable bonds is 3. The molecule has 0 radical (unpaired) electrons. The molecule has 5 aromatic rings. The third-order valence-corrected chi connectivity index (χ3v) is 7.31. The van der Waals surface area contributed by atoms with E-state index < -0.39 is 0 Å². The standard InChI is InChI=1S/C28H30N4O5/c1-13(2)12-31-5-7-32(8-6-31)16-10-18(33)23-19(11-16)37-28-22(29)26(35)21-20(24(28)30-23)17-9-14(3)36-27(17)15(4)25(21)34/h9-11,13,33,35H,5-8,12,29H2,1-4H3. The maximum absolute atomic E-state index is 13.2. The highest BCUT2D eigenvalue weighted by Crippen LogP contribution is 2.43. The van der Waals surface area contributed by atoms with Crippen molar-refractivity contribution < 1.29 is 19.0 Å². The van der Waals surface area contributed by atoms with Gasteiger partial charge in [-0.2, -0.15) is 0 Å². The van der Waals surface area contributed by atoms with E-state index in [1.165, 1.54) is 0 Å². The molecule has 192 valence electrons. The summed E-state index contributed by atoms with van der Waals surface area (Å²) in [5.74, 6) is 0.855. The summed E-state index contributed by atoms with van der Waals surface area (Å²) in [7, 11) is 0. The third-order valence-electron chi connectivity index (χ3n) is 7.31. The minimum Gasteiger partial charge on any atom is -0.505 e. The van der Waals surface area contributed by atoms with Crippen LogP contribution >= 0.6 is 0 Å². The Morgan fingerprint density at radius 3 is 2.43 bits per heavy atom. The summed E-state index contributed by atoms with van der Waals surface area (Å²) in [6.07, 6.45) is 0. The molecule has 0 aliphatic carbocycles. The van der Waals surface area contributed by atoms with Crippen molar-refractivity contribution in [3.8, 4) is 11.5 Å². The normalized spacial score (nSPS) is 15.2. The number of hydrogen-bond acceptors (Lipinski definition) is 9. The van der Waals surface area contributed by atoms with Crippen LogP contribution in [0.1, 0.15) is 25.2 Å². The van der Waals surface area contributed by atoms with Crippen molar-refractivity contribution in [1.82, 2.24) is 9.88 Å². The maximum atomic E-state index is 13.2. The molecule has 1 fully saturated rings. The van der Waals surface area contributed by atoms with Crippen molar-refractivity contribution in [3.63, 3.8) is 0 Å². The van der Waals surface area contributed by atoms with Gasteiger partial charge in [0.1, 0.15) is 33.8 Å². The molecule has 0 amide bonds. The molecule has 0 spiro atoms. The predicted molar refractivity (Wildman–Crippen MR) is 146 cm³/mol. The van der Waals surface area contributed by atoms with E-state index in [2.05, 4.69) is 23.6 Å². The first-order valence-corrected chi connectivity index (χ1v) is 12.6. The first-order valence-electron chi connectivity index (χ1n) is 12.6. The number of phenols is 2. The van der Waals surface area contributed by atoms with Crippen LogP contribution < -0.4 is 16.1 Å². The number of hydrogen-bond donors (Lipinski definition) is 3. The first kappa shape index (κ1) is 23.4. The zero-order valence-corrected chi connectivity index (χ0v) is 21.4. The Morgan fingerprint density at radius 2 is 1.73 bits per heavy atom. The zero-order valence-electron chi connectivity index (χ0n) is 21.4. The number of nitrogens with two attached hydrogens (primary N) is 1. The fourth-order valence-electron chi connectivity index (χ4n) is 5.56. The SMILES string of the molecule is Cc1cc2c(o1)c(C)c(=O)c1c(O)c(N)c3oc4cc(N5CCN(CC(C)C)CC5)cc(O)c4nc3c12. The van der Waals surface area contributed by atoms with Crippen LogP contribution in [0.25, 0.3) is 43.9 Å². The number of anilines is 2. The molecule has 9 nitrogen and oxygen atoms in total. The fourth-order valence-corrected chi connectivity index (χ4v) is 5.56. The van der Waals surface area contributed by atoms with Crippen LogP contribution in [0.5, 0.6) is 11.5 Å². The van der Waals surface area contributed by atoms with Crippen molar-refractivity contribution in [1.29, 1.82) is 0 Å². The zero-order chi connectivity index (χ0) is 26.2. The van der Waals surface area contributed by atoms with Gasteiger partial charge in [0.05, 0.1) is 5.39 Å². The van der Waals surface area contributed by atoms with E-state index in [1.54, 1.807) is 26.0 Å². The molecule has 0 bridgehead atoms. The van der Waals surface area contributed by atoms with Gasteiger partial charge in [0.2, 0.25) is 0 Å². The summed E-state index contributed by atoms with van der Waals surface area (Å²) in [6, 6.07) is 5.33. The Hall–Kier alpha value is -3.98. The highest BCUT2D eigenvalue weighted by atomic mass is 16.3. The summed E-state index contributed by atoms with van der Waals surface area (Å²) >= 11 is 0. The Morgan fingerprint density at radius 1 is 1.00 bits per heavy atom. The van der Waals surface area contributed by atoms with Gasteiger partial charge in [0.15, 0.2) is 22.3 Å². The molecule has 0 unspecified atom stereocenters. The molecule has 1 saturated heterocycles. The number of phenolic OH excluding ortho intramolecular Hbond substituents is 2. The van der Waals surface area contributed by atoms with E-state index in [1.807, 2.05) is 6.07 Å². The van der Waals surface area contributed by atoms with E-state index in [0.717, 1.165) is 38.4 Å². The van der Waals surface area contributed by atoms with Gasteiger partial charge in [-0.05, 0) is 25.8 Å². The highest BCUT2D eigenvalue weighted by molar-refractivity contribution is 6.23. The molecule has 9 heteroatoms. The Kier molecular flexibility index (Phi) is 5.24. The first-order chi connectivity index (χ1) is 17.6. The number of benzene rings is 3. The van der Waals surface area contributed by atoms with Gasteiger partial charge in [-0.25, -0.2) is 4.98 Å². The van der Waals surface area contributed by atoms with E-state index in [9.17, 15) is 15.0 Å². The van der Waals surface area contributed by atoms with Crippen molar-refractivity contribution in [2.24, 2.45) is 5.92 Å². The van der Waals surface area contributed by atoms with E-state index in [-0.39, 0.29) is 44.6 Å². The Balaban J connectivity index is 1.56. The van der Waals surface area contributed by atoms with Crippen LogP contribution in [-0.4, -0.2) is 52.8 Å². The number of aromatic hydroxyl groups is 2. The topological polar surface area (TPSA) is 129 Å². The van der Waals surface area contributed by atoms with Crippen molar-refractivity contribution in [2.45, 2.75) is 27.7 Å². The van der Waals surface area contributed by atoms with Gasteiger partial charge in [-0.1, -0.05) is 13.8 Å². The summed E-state index contributed by atoms with van der Waals surface area (Å²) in [6.45, 7) is 12.5. The molecule has 3 heterocycles. The van der Waals surface area contributed by atoms with Crippen LogP contribution in [-0.2, 0) is 0 Å². The average Bonchev–Trinajstić information content (AvgIpc) is 3.25. The second kappa shape index (κ2) is 8.27. The van der Waals surface area contributed by atoms with Crippen LogP contribution in [0.3, 0.4) is 0 Å². The van der Waals surface area contributed by atoms with Crippen molar-refractivity contribution >= 4 is 55.3 Å². The second-order valence-corrected chi connectivity index (χ2v) is 10.5. The van der Waals surface area contributed by atoms with Crippen molar-refractivity contribution in [3.05, 3.63) is 39.7 Å². The van der Waals surface area contributed by atoms with E-state index in [4.69, 9.17) is 19.6 Å². The number of piperazine rings is 1. The molecule has 37 heavy (non-hydrogen) atoms. The summed E-state index contributed by atoms with van der Waals surface area (Å²) in [5.41, 5.74) is 8.50. The lowest BCUT2D eigenvalue weighted by Gasteiger charge is -2.36. The summed E-state index contributed by atoms with van der Waals surface area (Å²) < 4.78 is 12.0. The monoisotopic (exact) mass is 502 g/mol. The molecule has 0 saturated carbocycles. The smallest absolute Gasteiger partial charge is 0.196 e. The molecule has 1 aliphatic rings. The minimum atomic E-state index is -0.388. The summed E-state index contributed by atoms with van der Waals surface area (Å²) in [4.78, 5) is 22.6. The molecule has 6 rings (SSSR count). The number of aromatic nitrogens is 1. The van der Waals surface area contributed by atoms with Gasteiger partial charge < -0.3 is 29.7 Å². The quantitative estimate of drug-likeness (QED) is 0.140. The number of nitrogens with zero attached hydrogens (tertiary/aromatic N) is 3. The summed E-state index contributed by atoms with van der Waals surface area (Å²) in [5, 5.41) is 23.1. The van der Waals surface area contributed by atoms with Crippen LogP contribution in [0.4, 0.5) is 11.4 Å². The van der Waals surface area contributed by atoms with Crippen LogP contribution in [0.15, 0.2) is 31.8 Å². The maximum Gasteiger partial charge on any atom is 0.196 e. The van der Waals surface area contributed by atoms with Gasteiger partial charge in [0.25, 0.3) is 0 Å². The number of aryl methyl sites for hydroxylation is 2. The molecule has 4 N–H and O–H groups in total. The average molecular weight is 503 g/mol. The van der Waals surface area contributed by atoms with Gasteiger partial charge >= 0.3 is 0 Å². The lowest BCUT2D eigenvalue weighted by molar-refractivity contribution is 0.231. The molecule has 3 aromatic carbocycles. The van der Waals surface area contributed by atoms with E-state index >= 15 is 0 Å². The minimum absolute atomic E-state index is 0.0309. The van der Waals surface area contributed by atoms with Gasteiger partial charge in [-0.15, -0.1) is 0 Å². The second-order valence-electron chi connectivity index (χ2n) is 10.5. The largest absolute Gasteiger partial charge is 0.505 e. The fraction of sp³-hybridized carbons (Fsp3) is 0.357. The number of nitrogen functional groups attached to an aromatic ring is 1. The van der Waals surface area contributed by atoms with Crippen LogP contribution in [0.2, 0.25) is 0 Å². The molecule has 2 aromatic heterocycles. The Labute approximate surface area is 212 Å². The lowest BCUT2D eigenvalue weighted by Crippen LogP contribution is -2.47. The third kappa shape index (κ3) is 3.56. The predicted octanol–water partition coefficient (Wildman–Crippen LogP) is 4.63. The lowest BCUT2D eigenvalue weighted by atomic mass is 9.99. The molecular weight excluding hydrogens is 472 g/mol. The molecule has 0 atom stereocenters. The number of fused-ring (bicyclic) bond motifs is 6. The molecular formula is C28H30N4O5. The Bertz CT molecular complexity index is 1780.